The maximum Gasteiger partial charge on any atom is 0.573 e. The van der Waals surface area contributed by atoms with Crippen LogP contribution in [0.2, 0.25) is 0 Å². The lowest BCUT2D eigenvalue weighted by Crippen LogP contribution is -2.50. The van der Waals surface area contributed by atoms with Crippen molar-refractivity contribution >= 4 is 39.4 Å². The van der Waals surface area contributed by atoms with Crippen molar-refractivity contribution in [3.8, 4) is 5.75 Å². The number of nitrogens with zero attached hydrogens (tertiary/aromatic N) is 2. The van der Waals surface area contributed by atoms with Gasteiger partial charge in [-0.15, -0.1) is 13.2 Å². The van der Waals surface area contributed by atoms with Gasteiger partial charge in [-0.05, 0) is 58.3 Å². The first-order chi connectivity index (χ1) is 16.4. The molecule has 0 fully saturated rings. The van der Waals surface area contributed by atoms with E-state index < -0.39 is 40.6 Å². The third kappa shape index (κ3) is 5.64. The molecule has 12 heteroatoms. The van der Waals surface area contributed by atoms with E-state index in [1.54, 1.807) is 19.1 Å². The fourth-order valence-corrected chi connectivity index (χ4v) is 4.42. The SMILES string of the molecule is Cc1cnc2c(c1)NC(=O)CN2C(=O)NC(c1ccc(OC(F)(F)F)cc1)C1C=CC=CC1(F)Br. The predicted molar refractivity (Wildman–Crippen MR) is 124 cm³/mol. The van der Waals surface area contributed by atoms with Gasteiger partial charge in [0.05, 0.1) is 11.7 Å². The molecule has 3 amide bonds. The Morgan fingerprint density at radius 3 is 2.69 bits per heavy atom. The van der Waals surface area contributed by atoms with Crippen LogP contribution in [0, 0.1) is 12.8 Å². The number of rotatable bonds is 4. The third-order valence-corrected chi connectivity index (χ3v) is 6.18. The monoisotopic (exact) mass is 554 g/mol. The molecule has 2 aromatic rings. The van der Waals surface area contributed by atoms with Crippen molar-refractivity contribution in [3.63, 3.8) is 0 Å². The number of aryl methyl sites for hydroxylation is 1. The molecule has 2 N–H and O–H groups in total. The minimum absolute atomic E-state index is 0.213. The Morgan fingerprint density at radius 2 is 2.03 bits per heavy atom. The van der Waals surface area contributed by atoms with E-state index >= 15 is 4.39 Å². The normalized spacial score (nSPS) is 22.3. The summed E-state index contributed by atoms with van der Waals surface area (Å²) in [6.07, 6.45) is 2.53. The van der Waals surface area contributed by atoms with Gasteiger partial charge in [0, 0.05) is 12.1 Å². The number of benzene rings is 1. The number of nitrogens with one attached hydrogen (secondary N) is 2. The fraction of sp³-hybridized carbons (Fsp3) is 0.261. The highest BCUT2D eigenvalue weighted by molar-refractivity contribution is 9.10. The maximum atomic E-state index is 15.4. The lowest BCUT2D eigenvalue weighted by Gasteiger charge is -2.36. The van der Waals surface area contributed by atoms with E-state index in [4.69, 9.17) is 0 Å². The Hall–Kier alpha value is -3.41. The number of pyridine rings is 1. The number of urea groups is 1. The number of halogens is 5. The average molecular weight is 555 g/mol. The predicted octanol–water partition coefficient (Wildman–Crippen LogP) is 5.30. The standard InChI is InChI=1S/C23H19BrF4N4O3/c1-13-10-17-20(29-11-13)32(12-18(33)30-17)21(34)31-19(16-4-2-3-9-22(16,24)25)14-5-7-15(8-6-14)35-23(26,27)28/h2-11,16,19H,12H2,1H3,(H,30,33)(H,31,34). The Morgan fingerprint density at radius 1 is 1.31 bits per heavy atom. The number of carbonyl (C=O) groups is 2. The number of fused-ring (bicyclic) bond motifs is 1. The second kappa shape index (κ2) is 9.33. The van der Waals surface area contributed by atoms with Crippen LogP contribution in [0.15, 0.2) is 60.8 Å². The number of hydrogen-bond acceptors (Lipinski definition) is 4. The molecule has 7 nitrogen and oxygen atoms in total. The highest BCUT2D eigenvalue weighted by Crippen LogP contribution is 2.43. The smallest absolute Gasteiger partial charge is 0.406 e. The summed E-state index contributed by atoms with van der Waals surface area (Å²) in [5, 5.41) is 5.38. The van der Waals surface area contributed by atoms with Crippen LogP contribution in [-0.2, 0) is 4.79 Å². The van der Waals surface area contributed by atoms with Gasteiger partial charge in [-0.3, -0.25) is 9.69 Å². The highest BCUT2D eigenvalue weighted by atomic mass is 79.9. The van der Waals surface area contributed by atoms with Crippen LogP contribution in [0.5, 0.6) is 5.75 Å². The van der Waals surface area contributed by atoms with E-state index in [0.717, 1.165) is 22.6 Å². The molecule has 3 atom stereocenters. The van der Waals surface area contributed by atoms with E-state index in [0.29, 0.717) is 11.3 Å². The Balaban J connectivity index is 1.66. The minimum atomic E-state index is -4.87. The van der Waals surface area contributed by atoms with Gasteiger partial charge in [-0.25, -0.2) is 14.2 Å². The zero-order chi connectivity index (χ0) is 25.4. The molecule has 2 heterocycles. The number of aromatic nitrogens is 1. The maximum absolute atomic E-state index is 15.4. The number of anilines is 2. The molecule has 1 aromatic carbocycles. The van der Waals surface area contributed by atoms with Crippen molar-refractivity contribution in [2.45, 2.75) is 23.9 Å². The molecule has 4 rings (SSSR count). The molecule has 3 unspecified atom stereocenters. The average Bonchev–Trinajstić information content (AvgIpc) is 2.76. The first-order valence-electron chi connectivity index (χ1n) is 10.4. The number of amides is 3. The Labute approximate surface area is 206 Å². The van der Waals surface area contributed by atoms with Crippen LogP contribution in [0.25, 0.3) is 0 Å². The van der Waals surface area contributed by atoms with E-state index in [-0.39, 0.29) is 12.4 Å². The molecule has 1 aromatic heterocycles. The van der Waals surface area contributed by atoms with Crippen molar-refractivity contribution in [2.24, 2.45) is 5.92 Å². The lowest BCUT2D eigenvalue weighted by molar-refractivity contribution is -0.274. The number of ether oxygens (including phenoxy) is 1. The van der Waals surface area contributed by atoms with Crippen molar-refractivity contribution in [2.75, 3.05) is 16.8 Å². The van der Waals surface area contributed by atoms with Crippen molar-refractivity contribution in [1.82, 2.24) is 10.3 Å². The molecule has 35 heavy (non-hydrogen) atoms. The molecule has 0 saturated heterocycles. The Kier molecular flexibility index (Phi) is 6.58. The number of alkyl halides is 5. The van der Waals surface area contributed by atoms with Gasteiger partial charge < -0.3 is 15.4 Å². The molecule has 0 saturated carbocycles. The van der Waals surface area contributed by atoms with E-state index in [9.17, 15) is 22.8 Å². The summed E-state index contributed by atoms with van der Waals surface area (Å²) in [4.78, 5) is 30.9. The van der Waals surface area contributed by atoms with Crippen LogP contribution in [0.3, 0.4) is 0 Å². The van der Waals surface area contributed by atoms with E-state index in [1.807, 2.05) is 0 Å². The summed E-state index contributed by atoms with van der Waals surface area (Å²) in [7, 11) is 0. The molecule has 1 aliphatic heterocycles. The summed E-state index contributed by atoms with van der Waals surface area (Å²) < 4.78 is 54.9. The summed E-state index contributed by atoms with van der Waals surface area (Å²) in [5.74, 6) is -1.66. The molecule has 184 valence electrons. The summed E-state index contributed by atoms with van der Waals surface area (Å²) >= 11 is 3.02. The molecule has 1 aliphatic carbocycles. The highest BCUT2D eigenvalue weighted by Gasteiger charge is 2.42. The van der Waals surface area contributed by atoms with Crippen LogP contribution in [0.4, 0.5) is 33.9 Å². The molecule has 0 spiro atoms. The molecule has 2 aliphatic rings. The first-order valence-corrected chi connectivity index (χ1v) is 11.2. The second-order valence-electron chi connectivity index (χ2n) is 8.01. The van der Waals surface area contributed by atoms with E-state index in [2.05, 4.69) is 36.3 Å². The van der Waals surface area contributed by atoms with Crippen molar-refractivity contribution < 1.29 is 31.9 Å². The van der Waals surface area contributed by atoms with Gasteiger partial charge >= 0.3 is 12.4 Å². The van der Waals surface area contributed by atoms with Crippen LogP contribution >= 0.6 is 15.9 Å². The number of hydrogen-bond donors (Lipinski definition) is 2. The van der Waals surface area contributed by atoms with Crippen molar-refractivity contribution in [1.29, 1.82) is 0 Å². The summed E-state index contributed by atoms with van der Waals surface area (Å²) in [5.41, 5.74) is 1.44. The lowest BCUT2D eigenvalue weighted by atomic mass is 9.86. The molecule has 0 radical (unpaired) electrons. The topological polar surface area (TPSA) is 83.6 Å². The fourth-order valence-electron chi connectivity index (χ4n) is 3.85. The summed E-state index contributed by atoms with van der Waals surface area (Å²) in [6, 6.07) is 4.66. The first kappa shape index (κ1) is 24.7. The summed E-state index contributed by atoms with van der Waals surface area (Å²) in [6.45, 7) is 1.45. The van der Waals surface area contributed by atoms with Crippen LogP contribution in [0.1, 0.15) is 17.2 Å². The minimum Gasteiger partial charge on any atom is -0.406 e. The quantitative estimate of drug-likeness (QED) is 0.397. The van der Waals surface area contributed by atoms with E-state index in [1.165, 1.54) is 36.6 Å². The zero-order valence-electron chi connectivity index (χ0n) is 18.1. The van der Waals surface area contributed by atoms with Gasteiger partial charge in [0.25, 0.3) is 0 Å². The third-order valence-electron chi connectivity index (χ3n) is 5.38. The van der Waals surface area contributed by atoms with Gasteiger partial charge in [0.1, 0.15) is 12.3 Å². The number of allylic oxidation sites excluding steroid dienone is 3. The van der Waals surface area contributed by atoms with Crippen LogP contribution in [-0.4, -0.2) is 34.4 Å². The molecule has 0 bridgehead atoms. The van der Waals surface area contributed by atoms with Gasteiger partial charge in [0.15, 0.2) is 10.4 Å². The largest absolute Gasteiger partial charge is 0.573 e. The molecular formula is C23H19BrF4N4O3. The van der Waals surface area contributed by atoms with Crippen molar-refractivity contribution in [3.05, 3.63) is 72.0 Å². The number of carbonyl (C=O) groups excluding carboxylic acids is 2. The molecular weight excluding hydrogens is 536 g/mol. The van der Waals surface area contributed by atoms with Gasteiger partial charge in [-0.2, -0.15) is 0 Å². The van der Waals surface area contributed by atoms with Crippen LogP contribution < -0.4 is 20.3 Å². The second-order valence-corrected chi connectivity index (χ2v) is 9.22. The Bertz CT molecular complexity index is 1200. The van der Waals surface area contributed by atoms with Gasteiger partial charge in [0.2, 0.25) is 5.91 Å². The zero-order valence-corrected chi connectivity index (χ0v) is 19.7. The van der Waals surface area contributed by atoms with Gasteiger partial charge in [-0.1, -0.05) is 30.4 Å².